The van der Waals surface area contributed by atoms with Crippen LogP contribution in [0, 0.1) is 39.0 Å². The fourth-order valence-corrected chi connectivity index (χ4v) is 3.30. The van der Waals surface area contributed by atoms with Crippen LogP contribution in [0.5, 0.6) is 0 Å². The van der Waals surface area contributed by atoms with Gasteiger partial charge in [-0.05, 0) is 25.7 Å². The number of nitrogens with zero attached hydrogens (tertiary/aromatic N) is 2. The molecule has 10 nitrogen and oxygen atoms in total. The van der Waals surface area contributed by atoms with Crippen molar-refractivity contribution in [3.8, 4) is 0 Å². The smallest absolute Gasteiger partial charge is 0.306 e. The van der Waals surface area contributed by atoms with Gasteiger partial charge in [-0.15, -0.1) is 0 Å². The molecule has 26 heavy (non-hydrogen) atoms. The summed E-state index contributed by atoms with van der Waals surface area (Å²) in [6.45, 7) is 1.35. The van der Waals surface area contributed by atoms with Crippen molar-refractivity contribution < 1.29 is 24.5 Å². The average molecular weight is 365 g/mol. The average Bonchev–Trinajstić information content (AvgIpc) is 2.59. The van der Waals surface area contributed by atoms with Gasteiger partial charge in [-0.3, -0.25) is 29.8 Å². The quantitative estimate of drug-likeness (QED) is 0.580. The maximum atomic E-state index is 12.3. The van der Waals surface area contributed by atoms with Crippen molar-refractivity contribution in [2.24, 2.45) is 11.8 Å². The topological polar surface area (TPSA) is 153 Å². The molecular formula is C16H19N3O7. The molecule has 0 heterocycles. The van der Waals surface area contributed by atoms with Gasteiger partial charge in [0.2, 0.25) is 0 Å². The summed E-state index contributed by atoms with van der Waals surface area (Å²) < 4.78 is 0. The first-order valence-corrected chi connectivity index (χ1v) is 8.16. The van der Waals surface area contributed by atoms with Crippen LogP contribution in [0.1, 0.15) is 41.6 Å². The van der Waals surface area contributed by atoms with E-state index in [2.05, 4.69) is 5.32 Å². The lowest BCUT2D eigenvalue weighted by Gasteiger charge is -2.28. The number of carboxylic acid groups (broad SMARTS) is 1. The van der Waals surface area contributed by atoms with Crippen molar-refractivity contribution in [1.82, 2.24) is 5.32 Å². The van der Waals surface area contributed by atoms with E-state index in [-0.39, 0.29) is 23.6 Å². The zero-order valence-corrected chi connectivity index (χ0v) is 14.1. The SMILES string of the molecule is Cc1c([N+](=O)[O-])cc(C(=O)NC[C@@H]2CCCC[C@@H]2C(=O)O)cc1[N+](=O)[O-]. The second kappa shape index (κ2) is 7.89. The number of aliphatic carboxylic acids is 1. The van der Waals surface area contributed by atoms with Gasteiger partial charge >= 0.3 is 5.97 Å². The molecule has 0 spiro atoms. The van der Waals surface area contributed by atoms with Crippen LogP contribution >= 0.6 is 0 Å². The standard InChI is InChI=1S/C16H19N3O7/c1-9-13(18(23)24)6-11(7-14(9)19(25)26)15(20)17-8-10-4-2-3-5-12(10)16(21)22/h6-7,10,12H,2-5,8H2,1H3,(H,17,20)(H,21,22)/t10-,12-/m0/s1. The van der Waals surface area contributed by atoms with Crippen LogP contribution in [0.15, 0.2) is 12.1 Å². The Balaban J connectivity index is 2.20. The molecule has 0 aliphatic heterocycles. The van der Waals surface area contributed by atoms with Gasteiger partial charge in [0.1, 0.15) is 5.56 Å². The Hall–Kier alpha value is -3.04. The Morgan fingerprint density at radius 2 is 1.69 bits per heavy atom. The number of hydrogen-bond donors (Lipinski definition) is 2. The predicted molar refractivity (Wildman–Crippen MR) is 89.9 cm³/mol. The third kappa shape index (κ3) is 4.13. The lowest BCUT2D eigenvalue weighted by Crippen LogP contribution is -2.37. The Kier molecular flexibility index (Phi) is 5.86. The van der Waals surface area contributed by atoms with Crippen molar-refractivity contribution in [3.63, 3.8) is 0 Å². The van der Waals surface area contributed by atoms with Crippen LogP contribution < -0.4 is 5.32 Å². The summed E-state index contributed by atoms with van der Waals surface area (Å²) in [5.41, 5.74) is -1.35. The Labute approximate surface area is 148 Å². The minimum Gasteiger partial charge on any atom is -0.481 e. The molecule has 140 valence electrons. The first kappa shape index (κ1) is 19.3. The van der Waals surface area contributed by atoms with Crippen LogP contribution in [0.4, 0.5) is 11.4 Å². The first-order valence-electron chi connectivity index (χ1n) is 8.16. The number of nitro groups is 2. The summed E-state index contributed by atoms with van der Waals surface area (Å²) in [6.07, 6.45) is 2.88. The molecule has 0 bridgehead atoms. The normalized spacial score (nSPS) is 19.6. The van der Waals surface area contributed by atoms with Crippen molar-refractivity contribution in [2.45, 2.75) is 32.6 Å². The zero-order valence-electron chi connectivity index (χ0n) is 14.1. The number of amides is 1. The van der Waals surface area contributed by atoms with Crippen LogP contribution in [0.3, 0.4) is 0 Å². The number of hydrogen-bond acceptors (Lipinski definition) is 6. The molecule has 1 saturated carbocycles. The highest BCUT2D eigenvalue weighted by molar-refractivity contribution is 5.96. The number of nitro benzene ring substituents is 2. The molecule has 1 amide bonds. The van der Waals surface area contributed by atoms with E-state index < -0.39 is 39.0 Å². The molecule has 2 atom stereocenters. The highest BCUT2D eigenvalue weighted by Crippen LogP contribution is 2.31. The number of carboxylic acids is 1. The van der Waals surface area contributed by atoms with E-state index in [1.807, 2.05) is 0 Å². The molecule has 0 unspecified atom stereocenters. The lowest BCUT2D eigenvalue weighted by atomic mass is 9.79. The van der Waals surface area contributed by atoms with Crippen molar-refractivity contribution in [2.75, 3.05) is 6.54 Å². The summed E-state index contributed by atoms with van der Waals surface area (Å²) in [6, 6.07) is 1.99. The highest BCUT2D eigenvalue weighted by Gasteiger charge is 2.31. The molecule has 1 aliphatic rings. The summed E-state index contributed by atoms with van der Waals surface area (Å²) in [5.74, 6) is -2.40. The minimum absolute atomic E-state index is 0.102. The van der Waals surface area contributed by atoms with Crippen molar-refractivity contribution >= 4 is 23.3 Å². The molecule has 1 aromatic rings. The van der Waals surface area contributed by atoms with Gasteiger partial charge < -0.3 is 10.4 Å². The number of nitrogens with one attached hydrogen (secondary N) is 1. The summed E-state index contributed by atoms with van der Waals surface area (Å²) in [5, 5.41) is 34.0. The van der Waals surface area contributed by atoms with Crippen molar-refractivity contribution in [3.05, 3.63) is 43.5 Å². The lowest BCUT2D eigenvalue weighted by molar-refractivity contribution is -0.395. The minimum atomic E-state index is -0.912. The number of benzene rings is 1. The zero-order chi connectivity index (χ0) is 19.4. The molecule has 2 N–H and O–H groups in total. The maximum Gasteiger partial charge on any atom is 0.306 e. The first-order chi connectivity index (χ1) is 12.2. The molecule has 2 rings (SSSR count). The van der Waals surface area contributed by atoms with Crippen LogP contribution in [0.25, 0.3) is 0 Å². The summed E-state index contributed by atoms with van der Waals surface area (Å²) in [7, 11) is 0. The number of rotatable bonds is 6. The van der Waals surface area contributed by atoms with E-state index in [0.717, 1.165) is 25.0 Å². The van der Waals surface area contributed by atoms with E-state index in [9.17, 15) is 34.9 Å². The van der Waals surface area contributed by atoms with Gasteiger partial charge in [-0.1, -0.05) is 12.8 Å². The van der Waals surface area contributed by atoms with Crippen LogP contribution in [0.2, 0.25) is 0 Å². The second-order valence-electron chi connectivity index (χ2n) is 6.35. The van der Waals surface area contributed by atoms with Gasteiger partial charge in [0.15, 0.2) is 0 Å². The molecule has 1 aliphatic carbocycles. The fourth-order valence-electron chi connectivity index (χ4n) is 3.30. The predicted octanol–water partition coefficient (Wildman–Crippen LogP) is 2.43. The monoisotopic (exact) mass is 365 g/mol. The summed E-state index contributed by atoms with van der Waals surface area (Å²) >= 11 is 0. The third-order valence-corrected chi connectivity index (χ3v) is 4.76. The largest absolute Gasteiger partial charge is 0.481 e. The molecule has 0 saturated heterocycles. The van der Waals surface area contributed by atoms with Crippen molar-refractivity contribution in [1.29, 1.82) is 0 Å². The van der Waals surface area contributed by atoms with Gasteiger partial charge in [0.25, 0.3) is 17.3 Å². The van der Waals surface area contributed by atoms with E-state index in [0.29, 0.717) is 12.8 Å². The third-order valence-electron chi connectivity index (χ3n) is 4.76. The van der Waals surface area contributed by atoms with Crippen LogP contribution in [-0.4, -0.2) is 33.4 Å². The highest BCUT2D eigenvalue weighted by atomic mass is 16.6. The van der Waals surface area contributed by atoms with Gasteiger partial charge in [0.05, 0.1) is 21.3 Å². The van der Waals surface area contributed by atoms with E-state index in [4.69, 9.17) is 0 Å². The van der Waals surface area contributed by atoms with E-state index in [1.54, 1.807) is 0 Å². The molecule has 0 radical (unpaired) electrons. The van der Waals surface area contributed by atoms with Gasteiger partial charge in [-0.2, -0.15) is 0 Å². The molecule has 1 fully saturated rings. The molecule has 10 heteroatoms. The van der Waals surface area contributed by atoms with E-state index >= 15 is 0 Å². The number of carbonyl (C=O) groups is 2. The van der Waals surface area contributed by atoms with Crippen LogP contribution in [-0.2, 0) is 4.79 Å². The maximum absolute atomic E-state index is 12.3. The van der Waals surface area contributed by atoms with E-state index in [1.165, 1.54) is 6.92 Å². The summed E-state index contributed by atoms with van der Waals surface area (Å²) in [4.78, 5) is 44.2. The Morgan fingerprint density at radius 3 is 2.19 bits per heavy atom. The van der Waals surface area contributed by atoms with Gasteiger partial charge in [0, 0.05) is 18.7 Å². The molecule has 1 aromatic carbocycles. The van der Waals surface area contributed by atoms with Gasteiger partial charge in [-0.25, -0.2) is 0 Å². The fraction of sp³-hybridized carbons (Fsp3) is 0.500. The second-order valence-corrected chi connectivity index (χ2v) is 6.35. The molecule has 0 aromatic heterocycles. The molecular weight excluding hydrogens is 346 g/mol. The number of carbonyl (C=O) groups excluding carboxylic acids is 1. The Morgan fingerprint density at radius 1 is 1.15 bits per heavy atom. The Bertz CT molecular complexity index is 727.